The molecule has 0 saturated heterocycles. The Morgan fingerprint density at radius 3 is 2.04 bits per heavy atom. The molecule has 28 heavy (non-hydrogen) atoms. The van der Waals surface area contributed by atoms with Gasteiger partial charge in [0.05, 0.1) is 18.1 Å². The van der Waals surface area contributed by atoms with Crippen molar-refractivity contribution >= 4 is 16.1 Å². The van der Waals surface area contributed by atoms with Gasteiger partial charge in [0.25, 0.3) is 10.1 Å². The van der Waals surface area contributed by atoms with E-state index in [1.807, 2.05) is 27.7 Å². The van der Waals surface area contributed by atoms with E-state index >= 15 is 0 Å². The van der Waals surface area contributed by atoms with Crippen LogP contribution in [0, 0.1) is 24.2 Å². The van der Waals surface area contributed by atoms with Crippen molar-refractivity contribution in [3.63, 3.8) is 0 Å². The minimum atomic E-state index is -3.73. The largest absolute Gasteiger partial charge is 0.479 e. The predicted octanol–water partition coefficient (Wildman–Crippen LogP) is 4.02. The van der Waals surface area contributed by atoms with Crippen molar-refractivity contribution in [1.29, 1.82) is 0 Å². The number of ether oxygens (including phenoxy) is 1. The van der Waals surface area contributed by atoms with Crippen molar-refractivity contribution in [3.8, 4) is 0 Å². The molecule has 1 aliphatic rings. The Morgan fingerprint density at radius 1 is 1.07 bits per heavy atom. The first-order valence-corrected chi connectivity index (χ1v) is 11.2. The van der Waals surface area contributed by atoms with Gasteiger partial charge in [0.15, 0.2) is 6.10 Å². The lowest BCUT2D eigenvalue weighted by atomic mass is 9.82. The summed E-state index contributed by atoms with van der Waals surface area (Å²) < 4.78 is 35.5. The Balaban J connectivity index is 1.78. The second kappa shape index (κ2) is 9.37. The number of hydrogen-bond donors (Lipinski definition) is 1. The molecule has 1 fully saturated rings. The van der Waals surface area contributed by atoms with Crippen LogP contribution in [0.2, 0.25) is 0 Å². The summed E-state index contributed by atoms with van der Waals surface area (Å²) in [7, 11) is -3.73. The molecule has 1 unspecified atom stereocenters. The average Bonchev–Trinajstić information content (AvgIpc) is 2.60. The fourth-order valence-electron chi connectivity index (χ4n) is 3.45. The lowest BCUT2D eigenvalue weighted by Gasteiger charge is -2.31. The van der Waals surface area contributed by atoms with E-state index in [0.717, 1.165) is 31.2 Å². The van der Waals surface area contributed by atoms with E-state index in [9.17, 15) is 18.3 Å². The van der Waals surface area contributed by atoms with Crippen LogP contribution in [0.4, 0.5) is 0 Å². The smallest absolute Gasteiger partial charge is 0.333 e. The van der Waals surface area contributed by atoms with Crippen molar-refractivity contribution in [2.45, 2.75) is 64.4 Å². The lowest BCUT2D eigenvalue weighted by Crippen LogP contribution is -2.38. The molecule has 1 aliphatic carbocycles. The van der Waals surface area contributed by atoms with Crippen LogP contribution in [0.1, 0.15) is 52.0 Å². The van der Waals surface area contributed by atoms with Gasteiger partial charge in [-0.1, -0.05) is 38.5 Å². The number of aliphatic carboxylic acids is 1. The number of carbonyl (C=O) groups is 1. The second-order valence-corrected chi connectivity index (χ2v) is 10.5. The second-order valence-electron chi connectivity index (χ2n) is 8.86. The summed E-state index contributed by atoms with van der Waals surface area (Å²) in [5.41, 5.74) is 0.539. The maximum atomic E-state index is 12.3. The molecule has 0 bridgehead atoms. The van der Waals surface area contributed by atoms with Crippen LogP contribution in [0.3, 0.4) is 0 Å². The highest BCUT2D eigenvalue weighted by Gasteiger charge is 2.33. The minimum absolute atomic E-state index is 0.182. The third-order valence-corrected chi connectivity index (χ3v) is 6.54. The van der Waals surface area contributed by atoms with Gasteiger partial charge in [-0.2, -0.15) is 8.42 Å². The van der Waals surface area contributed by atoms with Crippen LogP contribution in [-0.2, 0) is 23.8 Å². The van der Waals surface area contributed by atoms with Gasteiger partial charge in [0.1, 0.15) is 0 Å². The van der Waals surface area contributed by atoms with Gasteiger partial charge in [-0.05, 0) is 62.0 Å². The Labute approximate surface area is 168 Å². The highest BCUT2D eigenvalue weighted by Crippen LogP contribution is 2.31. The average molecular weight is 413 g/mol. The molecule has 1 aromatic carbocycles. The van der Waals surface area contributed by atoms with Crippen molar-refractivity contribution in [2.24, 2.45) is 17.3 Å². The number of benzene rings is 1. The molecular weight excluding hydrogens is 380 g/mol. The van der Waals surface area contributed by atoms with E-state index in [1.165, 1.54) is 0 Å². The summed E-state index contributed by atoms with van der Waals surface area (Å²) in [6.07, 6.45) is 2.65. The minimum Gasteiger partial charge on any atom is -0.479 e. The maximum absolute atomic E-state index is 12.3. The highest BCUT2D eigenvalue weighted by molar-refractivity contribution is 7.86. The molecule has 1 aromatic rings. The summed E-state index contributed by atoms with van der Waals surface area (Å²) in [4.78, 5) is 11.6. The number of rotatable bonds is 8. The number of hydrogen-bond acceptors (Lipinski definition) is 5. The van der Waals surface area contributed by atoms with E-state index in [2.05, 4.69) is 0 Å². The Hall–Kier alpha value is -1.44. The molecule has 0 aromatic heterocycles. The van der Waals surface area contributed by atoms with Gasteiger partial charge < -0.3 is 9.84 Å². The van der Waals surface area contributed by atoms with Gasteiger partial charge in [-0.15, -0.1) is 0 Å². The first-order valence-electron chi connectivity index (χ1n) is 9.79. The summed E-state index contributed by atoms with van der Waals surface area (Å²) in [5.74, 6) is -0.445. The van der Waals surface area contributed by atoms with Crippen molar-refractivity contribution in [1.82, 2.24) is 0 Å². The topological polar surface area (TPSA) is 89.9 Å². The maximum Gasteiger partial charge on any atom is 0.333 e. The third-order valence-electron chi connectivity index (χ3n) is 5.24. The molecule has 0 amide bonds. The SMILES string of the molecule is Cc1ccc(S(=O)(=O)OCC2CCC(COC(C(=O)O)C(C)(C)C)CC2)cc1. The van der Waals surface area contributed by atoms with Crippen LogP contribution >= 0.6 is 0 Å². The summed E-state index contributed by atoms with van der Waals surface area (Å²) in [5, 5.41) is 9.34. The predicted molar refractivity (Wildman–Crippen MR) is 107 cm³/mol. The Kier molecular flexibility index (Phi) is 7.65. The molecule has 0 heterocycles. The summed E-state index contributed by atoms with van der Waals surface area (Å²) in [6.45, 7) is 8.07. The summed E-state index contributed by atoms with van der Waals surface area (Å²) >= 11 is 0. The molecule has 1 N–H and O–H groups in total. The molecule has 2 rings (SSSR count). The zero-order valence-electron chi connectivity index (χ0n) is 17.2. The third kappa shape index (κ3) is 6.57. The van der Waals surface area contributed by atoms with E-state index < -0.39 is 27.6 Å². The highest BCUT2D eigenvalue weighted by atomic mass is 32.2. The van der Waals surface area contributed by atoms with Crippen LogP contribution in [-0.4, -0.2) is 38.8 Å². The Morgan fingerprint density at radius 2 is 1.57 bits per heavy atom. The van der Waals surface area contributed by atoms with E-state index in [1.54, 1.807) is 24.3 Å². The zero-order chi connectivity index (χ0) is 20.9. The molecule has 0 spiro atoms. The van der Waals surface area contributed by atoms with E-state index in [4.69, 9.17) is 8.92 Å². The zero-order valence-corrected chi connectivity index (χ0v) is 18.0. The van der Waals surface area contributed by atoms with Gasteiger partial charge in [0.2, 0.25) is 0 Å². The number of carboxylic acid groups (broad SMARTS) is 1. The number of aryl methyl sites for hydroxylation is 1. The first-order chi connectivity index (χ1) is 13.0. The normalized spacial score (nSPS) is 22.0. The monoisotopic (exact) mass is 412 g/mol. The van der Waals surface area contributed by atoms with Crippen molar-refractivity contribution in [3.05, 3.63) is 29.8 Å². The van der Waals surface area contributed by atoms with Crippen LogP contribution in [0.15, 0.2) is 29.2 Å². The standard InChI is InChI=1S/C21H32O6S/c1-15-5-11-18(12-6-15)28(24,25)27-14-17-9-7-16(8-10-17)13-26-19(20(22)23)21(2,3)4/h5-6,11-12,16-17,19H,7-10,13-14H2,1-4H3,(H,22,23). The molecule has 158 valence electrons. The molecule has 7 heteroatoms. The molecule has 0 radical (unpaired) electrons. The fraction of sp³-hybridized carbons (Fsp3) is 0.667. The van der Waals surface area contributed by atoms with Gasteiger partial charge in [-0.3, -0.25) is 4.18 Å². The summed E-state index contributed by atoms with van der Waals surface area (Å²) in [6, 6.07) is 6.63. The van der Waals surface area contributed by atoms with E-state index in [-0.39, 0.29) is 17.4 Å². The molecule has 6 nitrogen and oxygen atoms in total. The quantitative estimate of drug-likeness (QED) is 0.649. The van der Waals surface area contributed by atoms with Gasteiger partial charge >= 0.3 is 5.97 Å². The number of carboxylic acids is 1. The Bertz CT molecular complexity index is 740. The fourth-order valence-corrected chi connectivity index (χ4v) is 4.42. The molecule has 0 aliphatic heterocycles. The van der Waals surface area contributed by atoms with Crippen molar-refractivity contribution in [2.75, 3.05) is 13.2 Å². The van der Waals surface area contributed by atoms with Gasteiger partial charge in [-0.25, -0.2) is 4.79 Å². The van der Waals surface area contributed by atoms with Gasteiger partial charge in [0, 0.05) is 0 Å². The first kappa shape index (κ1) is 22.8. The van der Waals surface area contributed by atoms with Crippen LogP contribution in [0.25, 0.3) is 0 Å². The molecule has 1 atom stereocenters. The van der Waals surface area contributed by atoms with Crippen molar-refractivity contribution < 1.29 is 27.2 Å². The van der Waals surface area contributed by atoms with Crippen LogP contribution < -0.4 is 0 Å². The van der Waals surface area contributed by atoms with E-state index in [0.29, 0.717) is 12.5 Å². The molecule has 1 saturated carbocycles. The lowest BCUT2D eigenvalue weighted by molar-refractivity contribution is -0.159. The molecular formula is C21H32O6S. The van der Waals surface area contributed by atoms with Crippen LogP contribution in [0.5, 0.6) is 0 Å².